The third kappa shape index (κ3) is 15.7. The second-order valence-corrected chi connectivity index (χ2v) is 14.4. The smallest absolute Gasteiger partial charge is 0.408 e. The predicted molar refractivity (Wildman–Crippen MR) is 173 cm³/mol. The first kappa shape index (κ1) is 38.0. The van der Waals surface area contributed by atoms with Crippen LogP contribution >= 0.6 is 0 Å². The third-order valence-electron chi connectivity index (χ3n) is 5.94. The molecule has 0 unspecified atom stereocenters. The monoisotopic (exact) mass is 662 g/mol. The van der Waals surface area contributed by atoms with Gasteiger partial charge in [-0.2, -0.15) is 4.31 Å². The highest BCUT2D eigenvalue weighted by Crippen LogP contribution is 2.11. The highest BCUT2D eigenvalue weighted by atomic mass is 32.2. The molecule has 0 aliphatic carbocycles. The lowest BCUT2D eigenvalue weighted by Gasteiger charge is -2.26. The fraction of sp³-hybridized carbons (Fsp3) is 0.500. The van der Waals surface area contributed by atoms with Crippen LogP contribution in [0.1, 0.15) is 52.7 Å². The van der Waals surface area contributed by atoms with Crippen LogP contribution in [0.4, 0.5) is 14.4 Å². The Morgan fingerprint density at radius 1 is 0.717 bits per heavy atom. The highest BCUT2D eigenvalue weighted by molar-refractivity contribution is 7.89. The van der Waals surface area contributed by atoms with Crippen molar-refractivity contribution in [3.63, 3.8) is 0 Å². The van der Waals surface area contributed by atoms with Gasteiger partial charge in [0, 0.05) is 32.6 Å². The molecule has 13 nitrogen and oxygen atoms in total. The fourth-order valence-electron chi connectivity index (χ4n) is 3.94. The Kier molecular flexibility index (Phi) is 14.5. The first-order chi connectivity index (χ1) is 21.4. The molecule has 1 atom stereocenters. The molecule has 254 valence electrons. The van der Waals surface area contributed by atoms with E-state index < -0.39 is 57.1 Å². The normalized spacial score (nSPS) is 12.5. The lowest BCUT2D eigenvalue weighted by molar-refractivity contribution is -0.119. The first-order valence-corrected chi connectivity index (χ1v) is 16.5. The summed E-state index contributed by atoms with van der Waals surface area (Å²) in [7, 11) is -4.28. The Hall–Kier alpha value is -4.17. The standard InChI is InChI=1S/C32H46N4O9S/c1-31(2,3)44-28(38)33-17-19-36(20-18-34-29(39)45-32(4,5)6)46(41,42)23-26(27(37)21-24-13-9-7-10-14-24)35-30(40)43-22-25-15-11-8-12-16-25/h7-16,26H,17-23H2,1-6H3,(H,33,38)(H,34,39)(H,35,40)/t26-/m0/s1. The van der Waals surface area contributed by atoms with Crippen molar-refractivity contribution >= 4 is 34.1 Å². The second kappa shape index (κ2) is 17.5. The summed E-state index contributed by atoms with van der Waals surface area (Å²) < 4.78 is 44.2. The lowest BCUT2D eigenvalue weighted by atomic mass is 10.1. The van der Waals surface area contributed by atoms with Gasteiger partial charge in [-0.05, 0) is 52.7 Å². The van der Waals surface area contributed by atoms with Crippen molar-refractivity contribution in [3.8, 4) is 0 Å². The van der Waals surface area contributed by atoms with Crippen molar-refractivity contribution in [2.45, 2.75) is 71.8 Å². The molecule has 3 N–H and O–H groups in total. The van der Waals surface area contributed by atoms with E-state index in [1.165, 1.54) is 0 Å². The molecule has 14 heteroatoms. The van der Waals surface area contributed by atoms with Crippen molar-refractivity contribution in [3.05, 3.63) is 71.8 Å². The zero-order valence-corrected chi connectivity index (χ0v) is 28.1. The van der Waals surface area contributed by atoms with Gasteiger partial charge >= 0.3 is 18.3 Å². The molecule has 0 aliphatic rings. The molecule has 2 rings (SSSR count). The average molecular weight is 663 g/mol. The summed E-state index contributed by atoms with van der Waals surface area (Å²) in [5.74, 6) is -1.34. The number of nitrogens with one attached hydrogen (secondary N) is 3. The van der Waals surface area contributed by atoms with Crippen LogP contribution in [0.15, 0.2) is 60.7 Å². The van der Waals surface area contributed by atoms with Gasteiger partial charge < -0.3 is 30.2 Å². The molecule has 0 bridgehead atoms. The molecule has 2 aromatic rings. The largest absolute Gasteiger partial charge is 0.445 e. The van der Waals surface area contributed by atoms with Gasteiger partial charge in [-0.1, -0.05) is 60.7 Å². The first-order valence-electron chi connectivity index (χ1n) is 14.9. The predicted octanol–water partition coefficient (Wildman–Crippen LogP) is 3.77. The maximum atomic E-state index is 13.8. The van der Waals surface area contributed by atoms with Crippen LogP contribution < -0.4 is 16.0 Å². The summed E-state index contributed by atoms with van der Waals surface area (Å²) in [6.45, 7) is 9.37. The number of nitrogens with zero attached hydrogens (tertiary/aromatic N) is 1. The van der Waals surface area contributed by atoms with E-state index in [0.717, 1.165) is 4.31 Å². The number of hydrogen-bond donors (Lipinski definition) is 3. The number of sulfonamides is 1. The van der Waals surface area contributed by atoms with E-state index in [-0.39, 0.29) is 39.2 Å². The quantitative estimate of drug-likeness (QED) is 0.240. The van der Waals surface area contributed by atoms with Gasteiger partial charge in [-0.15, -0.1) is 0 Å². The Bertz CT molecular complexity index is 1360. The second-order valence-electron chi connectivity index (χ2n) is 12.4. The van der Waals surface area contributed by atoms with Crippen LogP contribution in [0.2, 0.25) is 0 Å². The minimum Gasteiger partial charge on any atom is -0.445 e. The van der Waals surface area contributed by atoms with Crippen molar-refractivity contribution in [1.29, 1.82) is 0 Å². The fourth-order valence-corrected chi connectivity index (χ4v) is 5.58. The van der Waals surface area contributed by atoms with E-state index in [1.54, 1.807) is 96.1 Å². The molecule has 0 radical (unpaired) electrons. The third-order valence-corrected chi connectivity index (χ3v) is 7.85. The summed E-state index contributed by atoms with van der Waals surface area (Å²) in [5, 5.41) is 7.44. The minimum absolute atomic E-state index is 0.0855. The van der Waals surface area contributed by atoms with E-state index in [0.29, 0.717) is 11.1 Å². The van der Waals surface area contributed by atoms with Crippen LogP contribution in [0.5, 0.6) is 0 Å². The molecule has 2 aromatic carbocycles. The number of rotatable bonds is 15. The average Bonchev–Trinajstić information content (AvgIpc) is 2.94. The summed E-state index contributed by atoms with van der Waals surface area (Å²) in [4.78, 5) is 50.5. The molecule has 46 heavy (non-hydrogen) atoms. The summed E-state index contributed by atoms with van der Waals surface area (Å²) in [6, 6.07) is 16.1. The van der Waals surface area contributed by atoms with Gasteiger partial charge in [0.05, 0.1) is 5.75 Å². The lowest BCUT2D eigenvalue weighted by Crippen LogP contribution is -2.51. The summed E-state index contributed by atoms with van der Waals surface area (Å²) in [5.41, 5.74) is -0.187. The van der Waals surface area contributed by atoms with Gasteiger partial charge in [-0.25, -0.2) is 22.8 Å². The molecular weight excluding hydrogens is 616 g/mol. The number of hydrogen-bond acceptors (Lipinski definition) is 9. The maximum Gasteiger partial charge on any atom is 0.408 e. The number of ketones is 1. The van der Waals surface area contributed by atoms with Gasteiger partial charge in [0.25, 0.3) is 0 Å². The van der Waals surface area contributed by atoms with E-state index in [4.69, 9.17) is 14.2 Å². The van der Waals surface area contributed by atoms with Crippen LogP contribution in [-0.4, -0.2) is 86.0 Å². The SMILES string of the molecule is CC(C)(C)OC(=O)NCCN(CCNC(=O)OC(C)(C)C)S(=O)(=O)C[C@H](NC(=O)OCc1ccccc1)C(=O)Cc1ccccc1. The Morgan fingerprint density at radius 3 is 1.63 bits per heavy atom. The minimum atomic E-state index is -4.28. The molecule has 0 fully saturated rings. The zero-order valence-electron chi connectivity index (χ0n) is 27.3. The van der Waals surface area contributed by atoms with E-state index >= 15 is 0 Å². The van der Waals surface area contributed by atoms with E-state index in [1.807, 2.05) is 6.07 Å². The van der Waals surface area contributed by atoms with Gasteiger partial charge in [0.2, 0.25) is 10.0 Å². The molecule has 0 aliphatic heterocycles. The molecule has 0 saturated heterocycles. The summed E-state index contributed by atoms with van der Waals surface area (Å²) >= 11 is 0. The summed E-state index contributed by atoms with van der Waals surface area (Å²) in [6.07, 6.45) is -2.58. The molecule has 3 amide bonds. The molecule has 0 saturated carbocycles. The topological polar surface area (TPSA) is 169 Å². The molecule has 0 heterocycles. The Labute approximate surface area is 271 Å². The molecule has 0 aromatic heterocycles. The van der Waals surface area contributed by atoms with Crippen LogP contribution in [0, 0.1) is 0 Å². The number of amides is 3. The highest BCUT2D eigenvalue weighted by Gasteiger charge is 2.32. The van der Waals surface area contributed by atoms with Crippen LogP contribution in [0.25, 0.3) is 0 Å². The number of Topliss-reactive ketones (excluding diaryl/α,β-unsaturated/α-hetero) is 1. The van der Waals surface area contributed by atoms with Crippen molar-refractivity contribution < 1.29 is 41.8 Å². The van der Waals surface area contributed by atoms with Gasteiger partial charge in [0.15, 0.2) is 5.78 Å². The van der Waals surface area contributed by atoms with E-state index in [9.17, 15) is 27.6 Å². The number of carbonyl (C=O) groups excluding carboxylic acids is 4. The Morgan fingerprint density at radius 2 is 1.17 bits per heavy atom. The van der Waals surface area contributed by atoms with Crippen LogP contribution in [-0.2, 0) is 42.1 Å². The van der Waals surface area contributed by atoms with Crippen molar-refractivity contribution in [1.82, 2.24) is 20.3 Å². The molecular formula is C32H46N4O9S. The van der Waals surface area contributed by atoms with Crippen molar-refractivity contribution in [2.24, 2.45) is 0 Å². The number of carbonyl (C=O) groups is 4. The molecule has 0 spiro atoms. The number of benzene rings is 2. The maximum absolute atomic E-state index is 13.8. The Balaban J connectivity index is 2.22. The number of ether oxygens (including phenoxy) is 3. The zero-order chi connectivity index (χ0) is 34.4. The van der Waals surface area contributed by atoms with Crippen LogP contribution in [0.3, 0.4) is 0 Å². The van der Waals surface area contributed by atoms with E-state index in [2.05, 4.69) is 16.0 Å². The number of alkyl carbamates (subject to hydrolysis) is 3. The van der Waals surface area contributed by atoms with Crippen molar-refractivity contribution in [2.75, 3.05) is 31.9 Å². The van der Waals surface area contributed by atoms with Gasteiger partial charge in [-0.3, -0.25) is 4.79 Å². The van der Waals surface area contributed by atoms with Gasteiger partial charge in [0.1, 0.15) is 23.9 Å².